The van der Waals surface area contributed by atoms with Crippen LogP contribution in [0.15, 0.2) is 59.8 Å². The lowest BCUT2D eigenvalue weighted by atomic mass is 9.84. The van der Waals surface area contributed by atoms with E-state index in [0.29, 0.717) is 5.56 Å². The van der Waals surface area contributed by atoms with E-state index in [1.54, 1.807) is 0 Å². The van der Waals surface area contributed by atoms with Gasteiger partial charge < -0.3 is 4.74 Å². The molecular formula is C21H13F6NO3. The Balaban J connectivity index is 1.77. The minimum absolute atomic E-state index is 0.0526. The highest BCUT2D eigenvalue weighted by Gasteiger charge is 2.43. The molecule has 2 aliphatic heterocycles. The Bertz CT molecular complexity index is 1090. The van der Waals surface area contributed by atoms with Gasteiger partial charge in [0.1, 0.15) is 6.61 Å². The summed E-state index contributed by atoms with van der Waals surface area (Å²) in [5.41, 5.74) is -1.47. The van der Waals surface area contributed by atoms with Crippen LogP contribution in [0.2, 0.25) is 0 Å². The van der Waals surface area contributed by atoms with Gasteiger partial charge in [-0.05, 0) is 35.9 Å². The molecule has 1 amide bonds. The Hall–Kier alpha value is -3.30. The molecule has 162 valence electrons. The second kappa shape index (κ2) is 7.14. The summed E-state index contributed by atoms with van der Waals surface area (Å²) < 4.78 is 82.8. The van der Waals surface area contributed by atoms with Crippen LogP contribution >= 0.6 is 0 Å². The van der Waals surface area contributed by atoms with E-state index in [4.69, 9.17) is 4.74 Å². The second-order valence-corrected chi connectivity index (χ2v) is 7.09. The number of benzene rings is 2. The summed E-state index contributed by atoms with van der Waals surface area (Å²) in [6, 6.07) is 8.15. The van der Waals surface area contributed by atoms with E-state index < -0.39 is 41.3 Å². The number of ether oxygens (including phenoxy) is 1. The van der Waals surface area contributed by atoms with Gasteiger partial charge in [-0.2, -0.15) is 26.3 Å². The normalized spacial score (nSPS) is 19.5. The molecule has 0 bridgehead atoms. The van der Waals surface area contributed by atoms with E-state index in [0.717, 1.165) is 35.2 Å². The molecule has 1 atom stereocenters. The van der Waals surface area contributed by atoms with E-state index in [2.05, 4.69) is 0 Å². The summed E-state index contributed by atoms with van der Waals surface area (Å²) in [5, 5.41) is 0. The minimum Gasteiger partial charge on any atom is -0.456 e. The number of hydrogen-bond acceptors (Lipinski definition) is 3. The van der Waals surface area contributed by atoms with Crippen LogP contribution in [0.4, 0.5) is 32.0 Å². The molecule has 2 heterocycles. The molecule has 0 N–H and O–H groups in total. The first-order valence-corrected chi connectivity index (χ1v) is 9.04. The lowest BCUT2D eigenvalue weighted by Crippen LogP contribution is -2.37. The van der Waals surface area contributed by atoms with Crippen molar-refractivity contribution in [2.45, 2.75) is 24.7 Å². The van der Waals surface area contributed by atoms with Crippen LogP contribution in [0.25, 0.3) is 0 Å². The van der Waals surface area contributed by atoms with Gasteiger partial charge >= 0.3 is 18.3 Å². The molecule has 0 spiro atoms. The van der Waals surface area contributed by atoms with Crippen molar-refractivity contribution >= 4 is 17.6 Å². The van der Waals surface area contributed by atoms with Crippen LogP contribution < -0.4 is 4.90 Å². The van der Waals surface area contributed by atoms with Crippen molar-refractivity contribution in [3.8, 4) is 0 Å². The van der Waals surface area contributed by atoms with Crippen molar-refractivity contribution in [3.63, 3.8) is 0 Å². The van der Waals surface area contributed by atoms with Crippen molar-refractivity contribution in [3.05, 3.63) is 76.5 Å². The van der Waals surface area contributed by atoms with Crippen molar-refractivity contribution in [2.24, 2.45) is 0 Å². The minimum atomic E-state index is -4.63. The standard InChI is InChI=1S/C21H13F6NO3/c22-20(23,24)12-6-4-11(5-7-12)15-9-17(29)28(16-10-31-19(30)18(15)16)14-3-1-2-13(8-14)21(25,26)27/h1-8,15H,9-10H2. The largest absolute Gasteiger partial charge is 0.456 e. The second-order valence-electron chi connectivity index (χ2n) is 7.09. The Labute approximate surface area is 171 Å². The third-order valence-electron chi connectivity index (χ3n) is 5.19. The quantitative estimate of drug-likeness (QED) is 0.484. The van der Waals surface area contributed by atoms with Gasteiger partial charge in [-0.1, -0.05) is 18.2 Å². The van der Waals surface area contributed by atoms with E-state index >= 15 is 0 Å². The first kappa shape index (κ1) is 21.0. The number of anilines is 1. The number of cyclic esters (lactones) is 1. The molecule has 1 unspecified atom stereocenters. The average molecular weight is 441 g/mol. The molecule has 2 aromatic rings. The average Bonchev–Trinajstić information content (AvgIpc) is 3.07. The van der Waals surface area contributed by atoms with Crippen LogP contribution in [0, 0.1) is 0 Å². The zero-order chi connectivity index (χ0) is 22.6. The Morgan fingerprint density at radius 1 is 0.871 bits per heavy atom. The molecule has 2 aromatic carbocycles. The zero-order valence-corrected chi connectivity index (χ0v) is 15.6. The molecule has 0 saturated heterocycles. The number of carbonyl (C=O) groups excluding carboxylic acids is 2. The number of rotatable bonds is 2. The van der Waals surface area contributed by atoms with Crippen molar-refractivity contribution in [1.29, 1.82) is 0 Å². The van der Waals surface area contributed by atoms with E-state index in [1.807, 2.05) is 0 Å². The van der Waals surface area contributed by atoms with Crippen LogP contribution in [-0.4, -0.2) is 18.5 Å². The molecule has 2 aliphatic rings. The topological polar surface area (TPSA) is 46.6 Å². The van der Waals surface area contributed by atoms with Gasteiger partial charge in [0.2, 0.25) is 5.91 Å². The summed E-state index contributed by atoms with van der Waals surface area (Å²) in [4.78, 5) is 26.2. The van der Waals surface area contributed by atoms with E-state index in [9.17, 15) is 35.9 Å². The SMILES string of the molecule is O=C1OCC2=C1C(c1ccc(C(F)(F)F)cc1)CC(=O)N2c1cccc(C(F)(F)F)c1. The first-order chi connectivity index (χ1) is 14.5. The predicted octanol–water partition coefficient (Wildman–Crippen LogP) is 5.06. The molecule has 4 nitrogen and oxygen atoms in total. The van der Waals surface area contributed by atoms with E-state index in [-0.39, 0.29) is 30.0 Å². The summed E-state index contributed by atoms with van der Waals surface area (Å²) in [5.74, 6) is -2.22. The molecule has 0 aromatic heterocycles. The van der Waals surface area contributed by atoms with Gasteiger partial charge in [-0.15, -0.1) is 0 Å². The zero-order valence-electron chi connectivity index (χ0n) is 15.6. The van der Waals surface area contributed by atoms with E-state index in [1.165, 1.54) is 18.2 Å². The lowest BCUT2D eigenvalue weighted by Gasteiger charge is -2.32. The highest BCUT2D eigenvalue weighted by molar-refractivity contribution is 6.06. The molecule has 10 heteroatoms. The maximum Gasteiger partial charge on any atom is 0.416 e. The van der Waals surface area contributed by atoms with Crippen molar-refractivity contribution in [1.82, 2.24) is 0 Å². The monoisotopic (exact) mass is 441 g/mol. The lowest BCUT2D eigenvalue weighted by molar-refractivity contribution is -0.138. The number of halogens is 6. The number of hydrogen-bond donors (Lipinski definition) is 0. The fourth-order valence-corrected chi connectivity index (χ4v) is 3.76. The third-order valence-corrected chi connectivity index (χ3v) is 5.19. The van der Waals surface area contributed by atoms with Gasteiger partial charge in [-0.25, -0.2) is 4.79 Å². The van der Waals surface area contributed by atoms with Gasteiger partial charge in [0.15, 0.2) is 0 Å². The van der Waals surface area contributed by atoms with Gasteiger partial charge in [0, 0.05) is 18.0 Å². The molecule has 0 fully saturated rings. The fraction of sp³-hybridized carbons (Fsp3) is 0.238. The number of alkyl halides is 6. The molecular weight excluding hydrogens is 428 g/mol. The van der Waals surface area contributed by atoms with Crippen molar-refractivity contribution < 1.29 is 40.7 Å². The third kappa shape index (κ3) is 3.77. The smallest absolute Gasteiger partial charge is 0.416 e. The van der Waals surface area contributed by atoms with Crippen molar-refractivity contribution in [2.75, 3.05) is 11.5 Å². The fourth-order valence-electron chi connectivity index (χ4n) is 3.76. The molecule has 0 saturated carbocycles. The van der Waals surface area contributed by atoms with Gasteiger partial charge in [0.25, 0.3) is 0 Å². The molecule has 4 rings (SSSR count). The summed E-state index contributed by atoms with van der Waals surface area (Å²) in [7, 11) is 0. The maximum absolute atomic E-state index is 13.1. The van der Waals surface area contributed by atoms with Crippen LogP contribution in [0.3, 0.4) is 0 Å². The summed E-state index contributed by atoms with van der Waals surface area (Å²) >= 11 is 0. The highest BCUT2D eigenvalue weighted by Crippen LogP contribution is 2.43. The number of nitrogens with zero attached hydrogens (tertiary/aromatic N) is 1. The molecule has 0 aliphatic carbocycles. The summed E-state index contributed by atoms with van der Waals surface area (Å²) in [6.45, 7) is -0.326. The Morgan fingerprint density at radius 3 is 2.13 bits per heavy atom. The first-order valence-electron chi connectivity index (χ1n) is 9.04. The number of amides is 1. The van der Waals surface area contributed by atoms with Crippen LogP contribution in [0.1, 0.15) is 29.0 Å². The maximum atomic E-state index is 13.1. The Kier molecular flexibility index (Phi) is 4.83. The van der Waals surface area contributed by atoms with Gasteiger partial charge in [-0.3, -0.25) is 9.69 Å². The highest BCUT2D eigenvalue weighted by atomic mass is 19.4. The summed E-state index contributed by atoms with van der Waals surface area (Å²) in [6.07, 6.45) is -9.48. The Morgan fingerprint density at radius 2 is 1.52 bits per heavy atom. The number of carbonyl (C=O) groups is 2. The molecule has 0 radical (unpaired) electrons. The number of esters is 1. The van der Waals surface area contributed by atoms with Gasteiger partial charge in [0.05, 0.1) is 22.4 Å². The van der Waals surface area contributed by atoms with Crippen LogP contribution in [-0.2, 0) is 26.7 Å². The molecule has 31 heavy (non-hydrogen) atoms. The predicted molar refractivity (Wildman–Crippen MR) is 95.7 cm³/mol. The van der Waals surface area contributed by atoms with Crippen LogP contribution in [0.5, 0.6) is 0 Å².